The summed E-state index contributed by atoms with van der Waals surface area (Å²) in [6, 6.07) is 6.83. The van der Waals surface area contributed by atoms with Crippen molar-refractivity contribution in [2.45, 2.75) is 32.4 Å². The molecule has 11 nitrogen and oxygen atoms in total. The van der Waals surface area contributed by atoms with Gasteiger partial charge in [-0.3, -0.25) is 4.79 Å². The minimum atomic E-state index is -5.26. The smallest absolute Gasteiger partial charge is 0.268 e. The van der Waals surface area contributed by atoms with Crippen molar-refractivity contribution in [1.29, 1.82) is 0 Å². The molecule has 0 saturated heterocycles. The number of hydrogen-bond acceptors (Lipinski definition) is 9. The number of phosphoric ester groups is 1. The number of aliphatic hydroxyl groups excluding tert-OH is 1. The van der Waals surface area contributed by atoms with Crippen molar-refractivity contribution in [3.8, 4) is 11.3 Å². The van der Waals surface area contributed by atoms with Gasteiger partial charge in [-0.05, 0) is 42.7 Å². The number of rotatable bonds is 11. The number of aryl methyl sites for hydroxylation is 1. The van der Waals surface area contributed by atoms with Crippen LogP contribution in [0.25, 0.3) is 11.3 Å². The fraction of sp³-hybridized carbons (Fsp3) is 0.318. The maximum absolute atomic E-state index is 12.9. The molecule has 2 atom stereocenters. The van der Waals surface area contributed by atoms with E-state index in [1.54, 1.807) is 36.7 Å². The molecule has 0 radical (unpaired) electrons. The zero-order valence-corrected chi connectivity index (χ0v) is 20.7. The Labute approximate surface area is 207 Å². The van der Waals surface area contributed by atoms with Gasteiger partial charge in [-0.25, -0.2) is 9.97 Å². The maximum atomic E-state index is 12.9. The van der Waals surface area contributed by atoms with E-state index in [1.165, 1.54) is 6.07 Å². The Morgan fingerprint density at radius 2 is 2.11 bits per heavy atom. The Bertz CT molecular complexity index is 1210. The molecule has 0 bridgehead atoms. The van der Waals surface area contributed by atoms with Crippen molar-refractivity contribution in [2.24, 2.45) is 0 Å². The summed E-state index contributed by atoms with van der Waals surface area (Å²) in [7, 11) is -5.26. The van der Waals surface area contributed by atoms with Gasteiger partial charge < -0.3 is 39.6 Å². The van der Waals surface area contributed by atoms with Crippen molar-refractivity contribution in [3.05, 3.63) is 64.6 Å². The number of H-pyrrole nitrogens is 1. The quantitative estimate of drug-likeness (QED) is 0.275. The molecule has 0 aliphatic heterocycles. The number of amides is 1. The van der Waals surface area contributed by atoms with Crippen LogP contribution in [-0.2, 0) is 9.09 Å². The van der Waals surface area contributed by atoms with E-state index < -0.39 is 26.4 Å². The molecular formula is C22H25ClN5O6P-2. The fourth-order valence-electron chi connectivity index (χ4n) is 3.27. The van der Waals surface area contributed by atoms with Crippen LogP contribution in [0.1, 0.15) is 41.0 Å². The number of aromatic nitrogens is 3. The first kappa shape index (κ1) is 26.8. The van der Waals surface area contributed by atoms with Crippen LogP contribution in [0.5, 0.6) is 0 Å². The number of nitrogens with zero attached hydrogens (tertiary/aromatic N) is 2. The highest BCUT2D eigenvalue weighted by Gasteiger charge is 2.19. The molecule has 13 heteroatoms. The SMILES string of the molecule is CC[C@@H](CO)Nc1ncc(C)c(-c2c[nH]c(C(=O)N[C@H](COP(=O)([O-])[O-])c3cccc(Cl)c3)c2)n1. The molecule has 0 aliphatic rings. The van der Waals surface area contributed by atoms with Crippen LogP contribution in [0.4, 0.5) is 5.95 Å². The van der Waals surface area contributed by atoms with Gasteiger partial charge >= 0.3 is 0 Å². The molecular weight excluding hydrogens is 497 g/mol. The molecule has 3 aromatic rings. The lowest BCUT2D eigenvalue weighted by Gasteiger charge is -2.31. The number of aliphatic hydroxyl groups is 1. The summed E-state index contributed by atoms with van der Waals surface area (Å²) in [4.78, 5) is 46.5. The summed E-state index contributed by atoms with van der Waals surface area (Å²) in [6.07, 6.45) is 3.92. The highest BCUT2D eigenvalue weighted by atomic mass is 35.5. The second-order valence-electron chi connectivity index (χ2n) is 7.78. The molecule has 2 aromatic heterocycles. The van der Waals surface area contributed by atoms with Gasteiger partial charge in [0.2, 0.25) is 5.95 Å². The third kappa shape index (κ3) is 7.60. The molecule has 0 unspecified atom stereocenters. The minimum Gasteiger partial charge on any atom is -0.790 e. The van der Waals surface area contributed by atoms with Crippen molar-refractivity contribution in [3.63, 3.8) is 0 Å². The zero-order valence-electron chi connectivity index (χ0n) is 19.0. The molecule has 0 fully saturated rings. The van der Waals surface area contributed by atoms with E-state index in [-0.39, 0.29) is 18.3 Å². The van der Waals surface area contributed by atoms with Crippen molar-refractivity contribution >= 4 is 31.3 Å². The van der Waals surface area contributed by atoms with Crippen LogP contribution < -0.4 is 20.4 Å². The van der Waals surface area contributed by atoms with Crippen molar-refractivity contribution in [1.82, 2.24) is 20.3 Å². The van der Waals surface area contributed by atoms with Crippen LogP contribution in [0.15, 0.2) is 42.7 Å². The molecule has 3 rings (SSSR count). The van der Waals surface area contributed by atoms with Gasteiger partial charge in [0.1, 0.15) is 5.69 Å². The Morgan fingerprint density at radius 3 is 2.77 bits per heavy atom. The van der Waals surface area contributed by atoms with Crippen LogP contribution >= 0.6 is 19.4 Å². The third-order valence-electron chi connectivity index (χ3n) is 5.17. The van der Waals surface area contributed by atoms with Gasteiger partial charge in [-0.2, -0.15) is 0 Å². The molecule has 2 heterocycles. The Kier molecular flexibility index (Phi) is 9.01. The van der Waals surface area contributed by atoms with Gasteiger partial charge in [-0.1, -0.05) is 30.7 Å². The molecule has 1 aromatic carbocycles. The predicted molar refractivity (Wildman–Crippen MR) is 127 cm³/mol. The number of benzene rings is 1. The van der Waals surface area contributed by atoms with Crippen molar-refractivity contribution in [2.75, 3.05) is 18.5 Å². The van der Waals surface area contributed by atoms with E-state index in [1.807, 2.05) is 13.8 Å². The highest BCUT2D eigenvalue weighted by molar-refractivity contribution is 7.43. The van der Waals surface area contributed by atoms with Crippen LogP contribution in [0, 0.1) is 6.92 Å². The lowest BCUT2D eigenvalue weighted by Crippen LogP contribution is -2.32. The van der Waals surface area contributed by atoms with Crippen molar-refractivity contribution < 1.29 is 28.8 Å². The summed E-state index contributed by atoms with van der Waals surface area (Å²) in [5.41, 5.74) is 2.61. The molecule has 35 heavy (non-hydrogen) atoms. The summed E-state index contributed by atoms with van der Waals surface area (Å²) >= 11 is 6.01. The van der Waals surface area contributed by atoms with Gasteiger partial charge in [0.05, 0.1) is 38.8 Å². The first-order valence-corrected chi connectivity index (χ1v) is 12.6. The normalized spacial score (nSPS) is 13.3. The molecule has 4 N–H and O–H groups in total. The van der Waals surface area contributed by atoms with Gasteiger partial charge in [0, 0.05) is 23.0 Å². The lowest BCUT2D eigenvalue weighted by atomic mass is 10.1. The Hall–Kier alpha value is -2.79. The molecule has 0 saturated carbocycles. The number of carbonyl (C=O) groups is 1. The minimum absolute atomic E-state index is 0.0663. The van der Waals surface area contributed by atoms with Crippen LogP contribution in [0.3, 0.4) is 0 Å². The summed E-state index contributed by atoms with van der Waals surface area (Å²) in [5.74, 6) is -0.218. The molecule has 0 spiro atoms. The maximum Gasteiger partial charge on any atom is 0.268 e. The number of aromatic amines is 1. The number of nitrogens with one attached hydrogen (secondary N) is 3. The topological polar surface area (TPSA) is 175 Å². The average molecular weight is 522 g/mol. The fourth-order valence-corrected chi connectivity index (χ4v) is 3.80. The van der Waals surface area contributed by atoms with E-state index in [0.29, 0.717) is 34.2 Å². The molecule has 188 valence electrons. The Balaban J connectivity index is 1.81. The predicted octanol–water partition coefficient (Wildman–Crippen LogP) is 1.93. The van der Waals surface area contributed by atoms with E-state index in [2.05, 4.69) is 30.1 Å². The standard InChI is InChI=1S/C22H27ClN5O6P/c1-3-17(11-29)26-22-25-9-13(2)20(28-22)15-8-18(24-10-15)21(30)27-19(12-34-35(31,32)33)14-5-4-6-16(23)7-14/h4-10,17,19,24,29H,3,11-12H2,1-2H3,(H,27,30)(H,25,26,28)(H2,31,32,33)/p-2/t17-,19+/m0/s1. The van der Waals surface area contributed by atoms with Crippen LogP contribution in [0.2, 0.25) is 5.02 Å². The number of phosphoric acid groups is 1. The number of anilines is 1. The van der Waals surface area contributed by atoms with E-state index in [4.69, 9.17) is 11.6 Å². The van der Waals surface area contributed by atoms with Crippen LogP contribution in [-0.4, -0.2) is 45.2 Å². The third-order valence-corrected chi connectivity index (χ3v) is 5.88. The lowest BCUT2D eigenvalue weighted by molar-refractivity contribution is -0.342. The average Bonchev–Trinajstić information content (AvgIpc) is 3.30. The summed E-state index contributed by atoms with van der Waals surface area (Å²) in [5, 5.41) is 15.5. The van der Waals surface area contributed by atoms with E-state index in [9.17, 15) is 24.3 Å². The highest BCUT2D eigenvalue weighted by Crippen LogP contribution is 2.29. The molecule has 1 amide bonds. The second kappa shape index (κ2) is 11.8. The molecule has 0 aliphatic carbocycles. The monoisotopic (exact) mass is 521 g/mol. The van der Waals surface area contributed by atoms with E-state index >= 15 is 0 Å². The van der Waals surface area contributed by atoms with Gasteiger partial charge in [0.25, 0.3) is 5.91 Å². The summed E-state index contributed by atoms with van der Waals surface area (Å²) in [6.45, 7) is 3.09. The van der Waals surface area contributed by atoms with Gasteiger partial charge in [-0.15, -0.1) is 0 Å². The summed E-state index contributed by atoms with van der Waals surface area (Å²) < 4.78 is 15.4. The number of carbonyl (C=O) groups excluding carboxylic acids is 1. The number of hydrogen-bond donors (Lipinski definition) is 4. The van der Waals surface area contributed by atoms with E-state index in [0.717, 1.165) is 5.56 Å². The largest absolute Gasteiger partial charge is 0.790 e. The Morgan fingerprint density at radius 1 is 1.34 bits per heavy atom. The second-order valence-corrected chi connectivity index (χ2v) is 9.37. The first-order chi connectivity index (χ1) is 16.6. The van der Waals surface area contributed by atoms with Gasteiger partial charge in [0.15, 0.2) is 0 Å². The zero-order chi connectivity index (χ0) is 25.6. The first-order valence-electron chi connectivity index (χ1n) is 10.7. The number of halogens is 1.